The van der Waals surface area contributed by atoms with E-state index in [0.29, 0.717) is 35.0 Å². The Labute approximate surface area is 191 Å². The maximum absolute atomic E-state index is 13.1. The highest BCUT2D eigenvalue weighted by atomic mass is 19.4. The Morgan fingerprint density at radius 1 is 1.12 bits per heavy atom. The Morgan fingerprint density at radius 2 is 1.85 bits per heavy atom. The molecule has 1 aliphatic heterocycles. The summed E-state index contributed by atoms with van der Waals surface area (Å²) < 4.78 is 39.2. The lowest BCUT2D eigenvalue weighted by molar-refractivity contribution is -0.137. The van der Waals surface area contributed by atoms with Gasteiger partial charge in [-0.3, -0.25) is 9.69 Å². The second kappa shape index (κ2) is 9.75. The number of halogens is 3. The molecule has 1 amide bonds. The fraction of sp³-hybridized carbons (Fsp3) is 0.583. The van der Waals surface area contributed by atoms with Crippen molar-refractivity contribution in [1.82, 2.24) is 20.2 Å². The molecule has 0 atom stereocenters. The number of likely N-dealkylation sites (tertiary alicyclic amines) is 1. The topological polar surface area (TPSA) is 75.2 Å². The summed E-state index contributed by atoms with van der Waals surface area (Å²) in [5.41, 5.74) is 0.125. The van der Waals surface area contributed by atoms with Crippen LogP contribution >= 0.6 is 0 Å². The third-order valence-corrected chi connectivity index (χ3v) is 6.82. The normalized spacial score (nSPS) is 22.2. The number of aromatic nitrogens is 2. The fourth-order valence-electron chi connectivity index (χ4n) is 5.04. The van der Waals surface area contributed by atoms with Crippen LogP contribution in [0.3, 0.4) is 0 Å². The molecular weight excluding hydrogens is 433 g/mol. The second-order valence-corrected chi connectivity index (χ2v) is 9.35. The molecule has 1 aromatic carbocycles. The molecule has 2 fully saturated rings. The average Bonchev–Trinajstić information content (AvgIpc) is 2.74. The highest BCUT2D eigenvalue weighted by Gasteiger charge is 2.35. The van der Waals surface area contributed by atoms with Gasteiger partial charge in [0, 0.05) is 37.4 Å². The van der Waals surface area contributed by atoms with Crippen molar-refractivity contribution in [2.75, 3.05) is 13.1 Å². The van der Waals surface area contributed by atoms with Crippen LogP contribution in [0.1, 0.15) is 56.7 Å². The van der Waals surface area contributed by atoms with Crippen molar-refractivity contribution >= 4 is 22.6 Å². The molecule has 2 aliphatic rings. The summed E-state index contributed by atoms with van der Waals surface area (Å²) in [5.74, 6) is 0.658. The molecule has 0 bridgehead atoms. The summed E-state index contributed by atoms with van der Waals surface area (Å²) >= 11 is 0. The van der Waals surface area contributed by atoms with Crippen molar-refractivity contribution in [3.05, 3.63) is 35.8 Å². The SMILES string of the molecule is CC(=O)CC1CCC(N2CC(NC(=O)CCc3ncnc4ccc(C(F)(F)F)cc34)C2)CC1. The zero-order chi connectivity index (χ0) is 23.6. The third-order valence-electron chi connectivity index (χ3n) is 6.82. The van der Waals surface area contributed by atoms with E-state index >= 15 is 0 Å². The smallest absolute Gasteiger partial charge is 0.351 e. The van der Waals surface area contributed by atoms with E-state index in [-0.39, 0.29) is 30.6 Å². The lowest BCUT2D eigenvalue weighted by Crippen LogP contribution is -2.62. The summed E-state index contributed by atoms with van der Waals surface area (Å²) in [6.07, 6.45) is 2.33. The number of Topliss-reactive ketones (excluding diaryl/α,β-unsaturated/α-hetero) is 1. The van der Waals surface area contributed by atoms with Crippen molar-refractivity contribution in [2.24, 2.45) is 5.92 Å². The molecule has 1 saturated heterocycles. The van der Waals surface area contributed by atoms with Crippen LogP contribution in [0.15, 0.2) is 24.5 Å². The number of carbonyl (C=O) groups is 2. The molecule has 1 aliphatic carbocycles. The minimum Gasteiger partial charge on any atom is -0.351 e. The van der Waals surface area contributed by atoms with Gasteiger partial charge in [-0.15, -0.1) is 0 Å². The van der Waals surface area contributed by atoms with E-state index in [1.54, 1.807) is 6.92 Å². The van der Waals surface area contributed by atoms with Crippen molar-refractivity contribution in [1.29, 1.82) is 0 Å². The Balaban J connectivity index is 1.24. The van der Waals surface area contributed by atoms with Crippen molar-refractivity contribution in [3.8, 4) is 0 Å². The number of alkyl halides is 3. The summed E-state index contributed by atoms with van der Waals surface area (Å²) in [5, 5.41) is 3.35. The van der Waals surface area contributed by atoms with Gasteiger partial charge in [-0.05, 0) is 63.1 Å². The molecule has 178 valence electrons. The van der Waals surface area contributed by atoms with Gasteiger partial charge >= 0.3 is 6.18 Å². The average molecular weight is 463 g/mol. The maximum Gasteiger partial charge on any atom is 0.416 e. The lowest BCUT2D eigenvalue weighted by atomic mass is 9.81. The standard InChI is InChI=1S/C24H29F3N4O2/c1-15(32)10-16-2-5-19(6-3-16)31-12-18(13-31)30-23(33)9-8-22-20-11-17(24(25,26)27)4-7-21(20)28-14-29-22/h4,7,11,14,16,18-19H,2-3,5-6,8-10,12-13H2,1H3,(H,30,33). The quantitative estimate of drug-likeness (QED) is 0.675. The molecule has 0 spiro atoms. The minimum atomic E-state index is -4.44. The number of ketones is 1. The number of amides is 1. The maximum atomic E-state index is 13.1. The predicted molar refractivity (Wildman–Crippen MR) is 117 cm³/mol. The molecule has 1 N–H and O–H groups in total. The van der Waals surface area contributed by atoms with Crippen LogP contribution in [0, 0.1) is 5.92 Å². The van der Waals surface area contributed by atoms with Gasteiger partial charge in [-0.25, -0.2) is 9.97 Å². The Bertz CT molecular complexity index is 1010. The summed E-state index contributed by atoms with van der Waals surface area (Å²) in [4.78, 5) is 34.3. The largest absolute Gasteiger partial charge is 0.416 e. The molecule has 1 saturated carbocycles. The second-order valence-electron chi connectivity index (χ2n) is 9.35. The first-order valence-electron chi connectivity index (χ1n) is 11.5. The van der Waals surface area contributed by atoms with Crippen molar-refractivity contribution in [2.45, 2.75) is 70.1 Å². The zero-order valence-electron chi connectivity index (χ0n) is 18.7. The van der Waals surface area contributed by atoms with Gasteiger partial charge in [-0.1, -0.05) is 0 Å². The van der Waals surface area contributed by atoms with Gasteiger partial charge in [0.25, 0.3) is 0 Å². The van der Waals surface area contributed by atoms with Crippen molar-refractivity contribution < 1.29 is 22.8 Å². The molecule has 9 heteroatoms. The van der Waals surface area contributed by atoms with Crippen LogP contribution < -0.4 is 5.32 Å². The first-order chi connectivity index (χ1) is 15.7. The minimum absolute atomic E-state index is 0.103. The van der Waals surface area contributed by atoms with Gasteiger partial charge in [0.15, 0.2) is 0 Å². The van der Waals surface area contributed by atoms with E-state index in [0.717, 1.165) is 50.9 Å². The summed E-state index contributed by atoms with van der Waals surface area (Å²) in [7, 11) is 0. The summed E-state index contributed by atoms with van der Waals surface area (Å²) in [6, 6.07) is 4.02. The fourth-order valence-corrected chi connectivity index (χ4v) is 5.04. The van der Waals surface area contributed by atoms with E-state index in [1.807, 2.05) is 0 Å². The van der Waals surface area contributed by atoms with Crippen LogP contribution in [0.25, 0.3) is 10.9 Å². The van der Waals surface area contributed by atoms with Crippen LogP contribution in [-0.4, -0.2) is 51.7 Å². The summed E-state index contributed by atoms with van der Waals surface area (Å²) in [6.45, 7) is 3.29. The van der Waals surface area contributed by atoms with Crippen LogP contribution in [0.2, 0.25) is 0 Å². The number of nitrogens with one attached hydrogen (secondary N) is 1. The third kappa shape index (κ3) is 5.88. The number of aryl methyl sites for hydroxylation is 1. The van der Waals surface area contributed by atoms with Gasteiger partial charge in [0.1, 0.15) is 12.1 Å². The number of nitrogens with zero attached hydrogens (tertiary/aromatic N) is 3. The first-order valence-corrected chi connectivity index (χ1v) is 11.5. The van der Waals surface area contributed by atoms with E-state index in [1.165, 1.54) is 12.4 Å². The highest BCUT2D eigenvalue weighted by molar-refractivity contribution is 5.83. The Morgan fingerprint density at radius 3 is 2.52 bits per heavy atom. The van der Waals surface area contributed by atoms with Gasteiger partial charge in [0.2, 0.25) is 5.91 Å². The zero-order valence-corrected chi connectivity index (χ0v) is 18.7. The molecule has 1 aromatic heterocycles. The number of rotatable bonds is 7. The van der Waals surface area contributed by atoms with Gasteiger partial charge < -0.3 is 10.1 Å². The Hall–Kier alpha value is -2.55. The van der Waals surface area contributed by atoms with Crippen LogP contribution in [-0.2, 0) is 22.2 Å². The van der Waals surface area contributed by atoms with Gasteiger partial charge in [-0.2, -0.15) is 13.2 Å². The number of hydrogen-bond donors (Lipinski definition) is 1. The van der Waals surface area contributed by atoms with Crippen molar-refractivity contribution in [3.63, 3.8) is 0 Å². The monoisotopic (exact) mass is 462 g/mol. The van der Waals surface area contributed by atoms with Crippen LogP contribution in [0.4, 0.5) is 13.2 Å². The van der Waals surface area contributed by atoms with Crippen LogP contribution in [0.5, 0.6) is 0 Å². The highest BCUT2D eigenvalue weighted by Crippen LogP contribution is 2.33. The lowest BCUT2D eigenvalue weighted by Gasteiger charge is -2.46. The number of hydrogen-bond acceptors (Lipinski definition) is 5. The number of carbonyl (C=O) groups excluding carboxylic acids is 2. The van der Waals surface area contributed by atoms with E-state index < -0.39 is 11.7 Å². The Kier molecular flexibility index (Phi) is 6.97. The van der Waals surface area contributed by atoms with E-state index in [9.17, 15) is 22.8 Å². The molecule has 2 aromatic rings. The van der Waals surface area contributed by atoms with E-state index in [4.69, 9.17) is 0 Å². The molecule has 4 rings (SSSR count). The molecular formula is C24H29F3N4O2. The predicted octanol–water partition coefficient (Wildman–Crippen LogP) is 3.92. The number of benzene rings is 1. The molecule has 0 radical (unpaired) electrons. The first kappa shape index (κ1) is 23.6. The van der Waals surface area contributed by atoms with E-state index in [2.05, 4.69) is 20.2 Å². The number of fused-ring (bicyclic) bond motifs is 1. The molecule has 2 heterocycles. The molecule has 33 heavy (non-hydrogen) atoms. The van der Waals surface area contributed by atoms with Gasteiger partial charge in [0.05, 0.1) is 22.8 Å². The molecule has 6 nitrogen and oxygen atoms in total. The molecule has 0 unspecified atom stereocenters.